The summed E-state index contributed by atoms with van der Waals surface area (Å²) < 4.78 is 10.7. The summed E-state index contributed by atoms with van der Waals surface area (Å²) >= 11 is 0. The van der Waals surface area contributed by atoms with Crippen molar-refractivity contribution in [2.45, 2.75) is 57.7 Å². The first kappa shape index (κ1) is 24.2. The zero-order chi connectivity index (χ0) is 23.1. The van der Waals surface area contributed by atoms with Crippen molar-refractivity contribution in [2.75, 3.05) is 26.4 Å². The summed E-state index contributed by atoms with van der Waals surface area (Å²) in [4.78, 5) is 39.4. The highest BCUT2D eigenvalue weighted by molar-refractivity contribution is 5.88. The van der Waals surface area contributed by atoms with E-state index in [2.05, 4.69) is 5.32 Å². The molecule has 2 heterocycles. The number of amides is 1. The Balaban J connectivity index is 1.68. The van der Waals surface area contributed by atoms with E-state index in [-0.39, 0.29) is 24.3 Å². The van der Waals surface area contributed by atoms with Crippen LogP contribution in [0.4, 0.5) is 0 Å². The quantitative estimate of drug-likeness (QED) is 0.558. The van der Waals surface area contributed by atoms with Crippen molar-refractivity contribution >= 4 is 17.8 Å². The lowest BCUT2D eigenvalue weighted by molar-refractivity contribution is -0.163. The van der Waals surface area contributed by atoms with Gasteiger partial charge in [-0.15, -0.1) is 0 Å². The van der Waals surface area contributed by atoms with Crippen LogP contribution in [0.2, 0.25) is 0 Å². The van der Waals surface area contributed by atoms with E-state index in [1.165, 1.54) is 4.90 Å². The van der Waals surface area contributed by atoms with Crippen LogP contribution in [0.3, 0.4) is 0 Å². The maximum atomic E-state index is 13.3. The molecular formula is C24H34N2O6. The van der Waals surface area contributed by atoms with Crippen molar-refractivity contribution in [1.29, 1.82) is 0 Å². The monoisotopic (exact) mass is 446 g/mol. The first-order valence-corrected chi connectivity index (χ1v) is 11.5. The molecule has 0 spiro atoms. The number of carbonyl (C=O) groups excluding carboxylic acids is 2. The minimum Gasteiger partial charge on any atom is -0.480 e. The average Bonchev–Trinajstić information content (AvgIpc) is 2.80. The lowest BCUT2D eigenvalue weighted by Gasteiger charge is -2.46. The van der Waals surface area contributed by atoms with E-state index < -0.39 is 30.1 Å². The van der Waals surface area contributed by atoms with Crippen LogP contribution < -0.4 is 5.32 Å². The van der Waals surface area contributed by atoms with Crippen LogP contribution in [0.1, 0.15) is 38.7 Å². The van der Waals surface area contributed by atoms with E-state index in [0.29, 0.717) is 32.6 Å². The van der Waals surface area contributed by atoms with E-state index in [1.54, 1.807) is 13.8 Å². The molecule has 1 aromatic carbocycles. The number of aryl methyl sites for hydroxylation is 1. The van der Waals surface area contributed by atoms with Crippen molar-refractivity contribution < 1.29 is 29.0 Å². The molecular weight excluding hydrogens is 412 g/mol. The molecule has 2 aliphatic heterocycles. The van der Waals surface area contributed by atoms with Crippen molar-refractivity contribution in [1.82, 2.24) is 10.2 Å². The lowest BCUT2D eigenvalue weighted by Crippen LogP contribution is -2.61. The number of carbonyl (C=O) groups is 3. The van der Waals surface area contributed by atoms with Gasteiger partial charge < -0.3 is 19.5 Å². The van der Waals surface area contributed by atoms with E-state index in [4.69, 9.17) is 9.47 Å². The van der Waals surface area contributed by atoms with Gasteiger partial charge in [0, 0.05) is 19.1 Å². The van der Waals surface area contributed by atoms with E-state index in [9.17, 15) is 19.5 Å². The number of rotatable bonds is 9. The number of ether oxygens (including phenoxy) is 2. The van der Waals surface area contributed by atoms with Crippen LogP contribution in [0.5, 0.6) is 0 Å². The highest BCUT2D eigenvalue weighted by Crippen LogP contribution is 2.35. The van der Waals surface area contributed by atoms with Gasteiger partial charge in [-0.1, -0.05) is 30.3 Å². The second-order valence-corrected chi connectivity index (χ2v) is 8.61. The first-order valence-electron chi connectivity index (χ1n) is 11.5. The smallest absolute Gasteiger partial charge is 0.326 e. The molecule has 0 bridgehead atoms. The second-order valence-electron chi connectivity index (χ2n) is 8.61. The number of likely N-dealkylation sites (tertiary alicyclic amines) is 1. The number of nitrogens with zero attached hydrogens (tertiary/aromatic N) is 1. The van der Waals surface area contributed by atoms with Crippen LogP contribution in [-0.4, -0.2) is 72.3 Å². The second kappa shape index (κ2) is 11.4. The Morgan fingerprint density at radius 3 is 2.69 bits per heavy atom. The molecule has 3 rings (SSSR count). The molecule has 5 atom stereocenters. The normalized spacial score (nSPS) is 24.8. The van der Waals surface area contributed by atoms with Gasteiger partial charge in [0.05, 0.1) is 19.3 Å². The Morgan fingerprint density at radius 2 is 2.00 bits per heavy atom. The van der Waals surface area contributed by atoms with Crippen LogP contribution >= 0.6 is 0 Å². The first-order chi connectivity index (χ1) is 15.4. The Labute approximate surface area is 189 Å². The van der Waals surface area contributed by atoms with Crippen molar-refractivity contribution in [2.24, 2.45) is 11.8 Å². The van der Waals surface area contributed by atoms with E-state index in [1.807, 2.05) is 30.3 Å². The topological polar surface area (TPSA) is 105 Å². The lowest BCUT2D eigenvalue weighted by atomic mass is 9.77. The summed E-state index contributed by atoms with van der Waals surface area (Å²) in [6.45, 7) is 5.07. The molecule has 32 heavy (non-hydrogen) atoms. The number of benzene rings is 1. The van der Waals surface area contributed by atoms with Crippen molar-refractivity contribution in [3.05, 3.63) is 35.9 Å². The Bertz CT molecular complexity index is 786. The summed E-state index contributed by atoms with van der Waals surface area (Å²) in [7, 11) is 0. The highest BCUT2D eigenvalue weighted by Gasteiger charge is 2.46. The third kappa shape index (κ3) is 5.86. The zero-order valence-electron chi connectivity index (χ0n) is 18.9. The van der Waals surface area contributed by atoms with Gasteiger partial charge in [0.2, 0.25) is 5.91 Å². The number of hydrogen-bond acceptors (Lipinski definition) is 6. The summed E-state index contributed by atoms with van der Waals surface area (Å²) in [5, 5.41) is 13.0. The largest absolute Gasteiger partial charge is 0.480 e. The van der Waals surface area contributed by atoms with Crippen molar-refractivity contribution in [3.63, 3.8) is 0 Å². The molecule has 2 aliphatic rings. The summed E-state index contributed by atoms with van der Waals surface area (Å²) in [5.41, 5.74) is 1.09. The molecule has 8 heteroatoms. The number of carboxylic acids is 1. The number of carboxylic acid groups (broad SMARTS) is 1. The molecule has 2 N–H and O–H groups in total. The van der Waals surface area contributed by atoms with Crippen LogP contribution in [0.25, 0.3) is 0 Å². The van der Waals surface area contributed by atoms with Gasteiger partial charge in [-0.3, -0.25) is 14.9 Å². The molecule has 2 saturated heterocycles. The number of nitrogens with one attached hydrogen (secondary N) is 1. The number of aliphatic carboxylic acids is 1. The fourth-order valence-corrected chi connectivity index (χ4v) is 4.84. The number of piperidine rings is 1. The van der Waals surface area contributed by atoms with Gasteiger partial charge in [-0.05, 0) is 51.0 Å². The molecule has 1 aromatic rings. The summed E-state index contributed by atoms with van der Waals surface area (Å²) in [6, 6.07) is 7.52. The minimum absolute atomic E-state index is 0.204. The maximum Gasteiger partial charge on any atom is 0.326 e. The molecule has 8 nitrogen and oxygen atoms in total. The Kier molecular flexibility index (Phi) is 8.64. The molecule has 3 unspecified atom stereocenters. The molecule has 1 amide bonds. The number of esters is 1. The van der Waals surface area contributed by atoms with Gasteiger partial charge in [0.1, 0.15) is 12.1 Å². The van der Waals surface area contributed by atoms with Gasteiger partial charge >= 0.3 is 11.9 Å². The maximum absolute atomic E-state index is 13.3. The third-order valence-electron chi connectivity index (χ3n) is 6.52. The summed E-state index contributed by atoms with van der Waals surface area (Å²) in [5.74, 6) is -1.66. The van der Waals surface area contributed by atoms with E-state index >= 15 is 0 Å². The van der Waals surface area contributed by atoms with Crippen molar-refractivity contribution in [3.8, 4) is 0 Å². The Morgan fingerprint density at radius 1 is 1.25 bits per heavy atom. The molecule has 0 aromatic heterocycles. The fourth-order valence-electron chi connectivity index (χ4n) is 4.84. The number of hydrogen-bond donors (Lipinski definition) is 2. The predicted octanol–water partition coefficient (Wildman–Crippen LogP) is 1.87. The third-order valence-corrected chi connectivity index (χ3v) is 6.52. The van der Waals surface area contributed by atoms with E-state index in [0.717, 1.165) is 18.4 Å². The summed E-state index contributed by atoms with van der Waals surface area (Å²) in [6.07, 6.45) is 2.72. The molecule has 176 valence electrons. The van der Waals surface area contributed by atoms with Gasteiger partial charge in [0.15, 0.2) is 0 Å². The van der Waals surface area contributed by atoms with Crippen LogP contribution in [-0.2, 0) is 30.3 Å². The fraction of sp³-hybridized carbons (Fsp3) is 0.625. The molecule has 2 fully saturated rings. The number of fused-ring (bicyclic) bond motifs is 1. The standard InChI is InChI=1S/C24H34N2O6/c1-3-32-24(30)20(10-9-17-7-5-4-6-8-17)25-16(2)22(27)26-13-11-18-12-14-31-15-19(18)21(26)23(28)29/h4-8,16,18-21,25H,3,9-15H2,1-2H3,(H,28,29)/t16?,18?,19?,20-,21-/m0/s1. The SMILES string of the molecule is CCOC(=O)[C@H](CCc1ccccc1)NC(C)C(=O)N1CCC2CCOCC2[C@H]1C(=O)O. The average molecular weight is 447 g/mol. The highest BCUT2D eigenvalue weighted by atomic mass is 16.5. The van der Waals surface area contributed by atoms with Gasteiger partial charge in [0.25, 0.3) is 0 Å². The minimum atomic E-state index is -1.00. The molecule has 0 radical (unpaired) electrons. The van der Waals surface area contributed by atoms with Crippen LogP contribution in [0, 0.1) is 11.8 Å². The predicted molar refractivity (Wildman–Crippen MR) is 118 cm³/mol. The molecule has 0 saturated carbocycles. The van der Waals surface area contributed by atoms with Gasteiger partial charge in [-0.2, -0.15) is 0 Å². The Hall–Kier alpha value is -2.45. The van der Waals surface area contributed by atoms with Gasteiger partial charge in [-0.25, -0.2) is 4.79 Å². The molecule has 0 aliphatic carbocycles. The zero-order valence-corrected chi connectivity index (χ0v) is 18.9. The van der Waals surface area contributed by atoms with Crippen LogP contribution in [0.15, 0.2) is 30.3 Å².